The summed E-state index contributed by atoms with van der Waals surface area (Å²) < 4.78 is 33.2. The number of ether oxygens (including phenoxy) is 3. The van der Waals surface area contributed by atoms with Gasteiger partial charge in [-0.15, -0.1) is 9.42 Å². The molecule has 1 fully saturated rings. The van der Waals surface area contributed by atoms with E-state index >= 15 is 0 Å². The Morgan fingerprint density at radius 2 is 2.08 bits per heavy atom. The zero-order chi connectivity index (χ0) is 18.6. The van der Waals surface area contributed by atoms with Crippen LogP contribution in [-0.2, 0) is 23.3 Å². The standard InChI is InChI=1S/C13H19N2O9P/c1-7-5-15(13(18)14-11(7)17)12-10(22-4-3-21-2)9(24-25(19)20)8(6-16)23-12/h5,8-10,12,16H,3-4,6H2,1-2H3,(H-,14,17,18,19,20)/p+1. The van der Waals surface area contributed by atoms with Gasteiger partial charge in [-0.2, -0.15) is 0 Å². The monoisotopic (exact) mass is 379 g/mol. The summed E-state index contributed by atoms with van der Waals surface area (Å²) in [6.07, 6.45) is -2.87. The molecule has 1 aliphatic heterocycles. The Morgan fingerprint density at radius 3 is 2.68 bits per heavy atom. The topological polar surface area (TPSA) is 149 Å². The van der Waals surface area contributed by atoms with Crippen molar-refractivity contribution in [2.24, 2.45) is 0 Å². The quantitative estimate of drug-likeness (QED) is 0.374. The number of hydrogen-bond donors (Lipinski definition) is 3. The first-order valence-electron chi connectivity index (χ1n) is 7.40. The first-order valence-corrected chi connectivity index (χ1v) is 8.54. The molecule has 5 unspecified atom stereocenters. The summed E-state index contributed by atoms with van der Waals surface area (Å²) in [5.74, 6) is 0. The molecule has 0 bridgehead atoms. The maximum atomic E-state index is 12.1. The van der Waals surface area contributed by atoms with Crippen LogP contribution >= 0.6 is 8.25 Å². The van der Waals surface area contributed by atoms with Crippen LogP contribution in [0.25, 0.3) is 0 Å². The van der Waals surface area contributed by atoms with Crippen LogP contribution in [0.3, 0.4) is 0 Å². The van der Waals surface area contributed by atoms with Crippen molar-refractivity contribution >= 4 is 8.25 Å². The second-order valence-corrected chi connectivity index (χ2v) is 6.05. The fourth-order valence-electron chi connectivity index (χ4n) is 2.53. The lowest BCUT2D eigenvalue weighted by atomic mass is 10.1. The Labute approximate surface area is 143 Å². The van der Waals surface area contributed by atoms with E-state index < -0.39 is 50.7 Å². The predicted molar refractivity (Wildman–Crippen MR) is 83.4 cm³/mol. The summed E-state index contributed by atoms with van der Waals surface area (Å²) in [4.78, 5) is 34.9. The van der Waals surface area contributed by atoms with Crippen LogP contribution in [0.2, 0.25) is 0 Å². The molecule has 1 saturated heterocycles. The zero-order valence-electron chi connectivity index (χ0n) is 13.7. The molecule has 1 aliphatic rings. The van der Waals surface area contributed by atoms with Gasteiger partial charge >= 0.3 is 13.9 Å². The number of nitrogens with one attached hydrogen (secondary N) is 1. The Morgan fingerprint density at radius 1 is 1.36 bits per heavy atom. The highest BCUT2D eigenvalue weighted by Crippen LogP contribution is 2.37. The Balaban J connectivity index is 2.39. The van der Waals surface area contributed by atoms with Gasteiger partial charge in [-0.1, -0.05) is 0 Å². The van der Waals surface area contributed by atoms with Crippen molar-refractivity contribution in [2.75, 3.05) is 26.9 Å². The summed E-state index contributed by atoms with van der Waals surface area (Å²) in [6, 6.07) is 0. The van der Waals surface area contributed by atoms with E-state index in [4.69, 9.17) is 23.6 Å². The first-order chi connectivity index (χ1) is 11.9. The lowest BCUT2D eigenvalue weighted by Gasteiger charge is -2.22. The van der Waals surface area contributed by atoms with Gasteiger partial charge in [0.2, 0.25) is 0 Å². The van der Waals surface area contributed by atoms with Crippen LogP contribution in [0.15, 0.2) is 15.8 Å². The summed E-state index contributed by atoms with van der Waals surface area (Å²) in [5.41, 5.74) is -1.02. The summed E-state index contributed by atoms with van der Waals surface area (Å²) in [6.45, 7) is 1.31. The third-order valence-corrected chi connectivity index (χ3v) is 4.12. The second kappa shape index (κ2) is 8.77. The molecule has 12 heteroatoms. The van der Waals surface area contributed by atoms with Crippen molar-refractivity contribution in [2.45, 2.75) is 31.5 Å². The molecular formula is C13H20N2O9P+. The van der Waals surface area contributed by atoms with Gasteiger partial charge in [0.25, 0.3) is 5.56 Å². The minimum atomic E-state index is -2.99. The minimum absolute atomic E-state index is 0.0956. The summed E-state index contributed by atoms with van der Waals surface area (Å²) in [5, 5.41) is 9.46. The third kappa shape index (κ3) is 4.59. The van der Waals surface area contributed by atoms with E-state index in [1.807, 2.05) is 0 Å². The third-order valence-electron chi connectivity index (χ3n) is 3.70. The average molecular weight is 379 g/mol. The van der Waals surface area contributed by atoms with Crippen LogP contribution < -0.4 is 11.2 Å². The Kier molecular flexibility index (Phi) is 6.96. The molecule has 140 valence electrons. The van der Waals surface area contributed by atoms with E-state index in [1.165, 1.54) is 20.2 Å². The molecule has 0 aliphatic carbocycles. The highest BCUT2D eigenvalue weighted by Gasteiger charge is 2.51. The van der Waals surface area contributed by atoms with E-state index in [2.05, 4.69) is 4.98 Å². The molecule has 0 saturated carbocycles. The van der Waals surface area contributed by atoms with Crippen molar-refractivity contribution < 1.29 is 33.3 Å². The molecule has 1 aromatic heterocycles. The van der Waals surface area contributed by atoms with Gasteiger partial charge in [0.05, 0.1) is 19.8 Å². The van der Waals surface area contributed by atoms with Crippen molar-refractivity contribution in [1.29, 1.82) is 0 Å². The summed E-state index contributed by atoms with van der Waals surface area (Å²) in [7, 11) is -1.52. The smallest absolute Gasteiger partial charge is 0.394 e. The molecule has 0 aromatic carbocycles. The van der Waals surface area contributed by atoms with E-state index in [0.29, 0.717) is 0 Å². The van der Waals surface area contributed by atoms with Crippen LogP contribution in [0.5, 0.6) is 0 Å². The van der Waals surface area contributed by atoms with Crippen LogP contribution in [0.1, 0.15) is 11.8 Å². The van der Waals surface area contributed by atoms with E-state index in [1.54, 1.807) is 0 Å². The molecule has 11 nitrogen and oxygen atoms in total. The maximum absolute atomic E-state index is 12.1. The number of aryl methyl sites for hydroxylation is 1. The van der Waals surface area contributed by atoms with Crippen molar-refractivity contribution in [1.82, 2.24) is 9.55 Å². The van der Waals surface area contributed by atoms with E-state index in [9.17, 15) is 19.3 Å². The van der Waals surface area contributed by atoms with Gasteiger partial charge in [-0.3, -0.25) is 14.3 Å². The molecule has 2 heterocycles. The molecule has 0 amide bonds. The van der Waals surface area contributed by atoms with Crippen molar-refractivity contribution in [3.8, 4) is 0 Å². The number of aliphatic hydroxyl groups is 1. The molecule has 0 spiro atoms. The number of H-pyrrole nitrogens is 1. The lowest BCUT2D eigenvalue weighted by molar-refractivity contribution is -0.0811. The van der Waals surface area contributed by atoms with Crippen LogP contribution in [0.4, 0.5) is 0 Å². The number of aromatic amines is 1. The highest BCUT2D eigenvalue weighted by molar-refractivity contribution is 7.32. The van der Waals surface area contributed by atoms with Gasteiger partial charge in [0, 0.05) is 23.4 Å². The highest BCUT2D eigenvalue weighted by atomic mass is 31.1. The number of rotatable bonds is 8. The number of aromatic nitrogens is 2. The molecule has 1 aromatic rings. The molecule has 0 radical (unpaired) electrons. The molecule has 25 heavy (non-hydrogen) atoms. The van der Waals surface area contributed by atoms with Crippen LogP contribution in [0, 0.1) is 6.92 Å². The number of methoxy groups -OCH3 is 1. The van der Waals surface area contributed by atoms with Crippen LogP contribution in [-0.4, -0.2) is 64.8 Å². The van der Waals surface area contributed by atoms with E-state index in [-0.39, 0.29) is 18.8 Å². The maximum Gasteiger partial charge on any atom is 0.695 e. The fourth-order valence-corrected chi connectivity index (χ4v) is 2.99. The van der Waals surface area contributed by atoms with Gasteiger partial charge in [0.15, 0.2) is 12.3 Å². The number of hydrogen-bond acceptors (Lipinski definition) is 8. The number of aliphatic hydroxyl groups excluding tert-OH is 1. The second-order valence-electron chi connectivity index (χ2n) is 5.36. The molecule has 3 N–H and O–H groups in total. The Bertz CT molecular complexity index is 718. The largest absolute Gasteiger partial charge is 0.695 e. The SMILES string of the molecule is COCCOC1C(O[P+](=O)O)C(CO)OC1n1cc(C)c(=O)[nH]c1=O. The van der Waals surface area contributed by atoms with Gasteiger partial charge in [-0.25, -0.2) is 4.79 Å². The van der Waals surface area contributed by atoms with Gasteiger partial charge in [-0.05, 0) is 6.92 Å². The predicted octanol–water partition coefficient (Wildman–Crippen LogP) is -1.20. The zero-order valence-corrected chi connectivity index (χ0v) is 14.5. The lowest BCUT2D eigenvalue weighted by Crippen LogP contribution is -2.41. The van der Waals surface area contributed by atoms with Gasteiger partial charge < -0.3 is 19.3 Å². The fraction of sp³-hybridized carbons (Fsp3) is 0.692. The molecule has 5 atom stereocenters. The normalized spacial score (nSPS) is 26.8. The summed E-state index contributed by atoms with van der Waals surface area (Å²) >= 11 is 0. The van der Waals surface area contributed by atoms with Crippen molar-refractivity contribution in [3.05, 3.63) is 32.6 Å². The van der Waals surface area contributed by atoms with Gasteiger partial charge in [0.1, 0.15) is 12.2 Å². The van der Waals surface area contributed by atoms with Crippen molar-refractivity contribution in [3.63, 3.8) is 0 Å². The minimum Gasteiger partial charge on any atom is -0.394 e. The molecule has 2 rings (SSSR count). The Hall–Kier alpha value is -1.46. The van der Waals surface area contributed by atoms with E-state index in [0.717, 1.165) is 4.57 Å². The molecular weight excluding hydrogens is 359 g/mol. The number of nitrogens with zero attached hydrogens (tertiary/aromatic N) is 1. The average Bonchev–Trinajstić information content (AvgIpc) is 2.88. The first kappa shape index (κ1) is 19.9.